The van der Waals surface area contributed by atoms with Gasteiger partial charge in [-0.1, -0.05) is 20.8 Å². The summed E-state index contributed by atoms with van der Waals surface area (Å²) in [6, 6.07) is 10.9. The number of rotatable bonds is 7. The van der Waals surface area contributed by atoms with Gasteiger partial charge in [-0.25, -0.2) is 8.42 Å². The number of carbonyl (C=O) groups excluding carboxylic acids is 2. The molecule has 0 radical (unpaired) electrons. The van der Waals surface area contributed by atoms with Gasteiger partial charge in [-0.3, -0.25) is 14.3 Å². The first-order valence-electron chi connectivity index (χ1n) is 11.0. The van der Waals surface area contributed by atoms with Gasteiger partial charge in [-0.05, 0) is 56.7 Å². The van der Waals surface area contributed by atoms with Gasteiger partial charge < -0.3 is 15.0 Å². The van der Waals surface area contributed by atoms with Crippen molar-refractivity contribution in [3.05, 3.63) is 42.5 Å². The van der Waals surface area contributed by atoms with Crippen LogP contribution in [0.4, 0.5) is 17.1 Å². The highest BCUT2D eigenvalue weighted by atomic mass is 32.2. The van der Waals surface area contributed by atoms with E-state index in [1.54, 1.807) is 49.1 Å². The molecule has 0 spiro atoms. The van der Waals surface area contributed by atoms with Crippen LogP contribution in [0.5, 0.6) is 5.75 Å². The number of hydrogen-bond acceptors (Lipinski definition) is 5. The number of hydrogen-bond donors (Lipinski definition) is 2. The molecule has 1 aliphatic rings. The van der Waals surface area contributed by atoms with Crippen LogP contribution < -0.4 is 19.7 Å². The largest absolute Gasteiger partial charge is 0.490 e. The van der Waals surface area contributed by atoms with Crippen molar-refractivity contribution < 1.29 is 22.7 Å². The predicted molar refractivity (Wildman–Crippen MR) is 129 cm³/mol. The van der Waals surface area contributed by atoms with Crippen LogP contribution in [-0.2, 0) is 19.6 Å². The molecule has 0 bridgehead atoms. The summed E-state index contributed by atoms with van der Waals surface area (Å²) in [7, 11) is -3.87. The molecule has 178 valence electrons. The lowest BCUT2D eigenvalue weighted by Crippen LogP contribution is -2.42. The first kappa shape index (κ1) is 24.6. The van der Waals surface area contributed by atoms with E-state index in [2.05, 4.69) is 10.0 Å². The highest BCUT2D eigenvalue weighted by Gasteiger charge is 2.37. The van der Waals surface area contributed by atoms with Crippen molar-refractivity contribution in [2.75, 3.05) is 28.1 Å². The molecule has 0 atom stereocenters. The fourth-order valence-electron chi connectivity index (χ4n) is 3.37. The quantitative estimate of drug-likeness (QED) is 0.626. The van der Waals surface area contributed by atoms with Gasteiger partial charge in [0.25, 0.3) is 10.0 Å². The fraction of sp³-hybridized carbons (Fsp3) is 0.417. The third-order valence-electron chi connectivity index (χ3n) is 5.32. The van der Waals surface area contributed by atoms with Gasteiger partial charge in [0.05, 0.1) is 21.7 Å². The highest BCUT2D eigenvalue weighted by molar-refractivity contribution is 7.92. The molecule has 0 unspecified atom stereocenters. The van der Waals surface area contributed by atoms with Crippen molar-refractivity contribution >= 4 is 38.9 Å². The average Bonchev–Trinajstić information content (AvgIpc) is 2.84. The summed E-state index contributed by atoms with van der Waals surface area (Å²) in [6.07, 6.45) is 0.781. The number of ether oxygens (including phenoxy) is 1. The Balaban J connectivity index is 1.83. The normalized spacial score (nSPS) is 15.5. The summed E-state index contributed by atoms with van der Waals surface area (Å²) >= 11 is 0. The zero-order valence-corrected chi connectivity index (χ0v) is 20.5. The van der Waals surface area contributed by atoms with Gasteiger partial charge in [-0.15, -0.1) is 0 Å². The van der Waals surface area contributed by atoms with E-state index in [0.717, 1.165) is 6.42 Å². The first-order valence-corrected chi connectivity index (χ1v) is 12.5. The minimum Gasteiger partial charge on any atom is -0.490 e. The van der Waals surface area contributed by atoms with Crippen LogP contribution in [0.1, 0.15) is 41.0 Å². The second kappa shape index (κ2) is 9.43. The zero-order chi connectivity index (χ0) is 24.4. The molecular formula is C24H31N3O5S. The SMILES string of the molecule is CCCN1C(=O)C(C)(C)COc2cc(NS(=O)(=O)c3ccc(NC(=O)C(C)C)cc3)ccc21. The summed E-state index contributed by atoms with van der Waals surface area (Å²) < 4.78 is 34.3. The monoisotopic (exact) mass is 473 g/mol. The number of amides is 2. The number of carbonyl (C=O) groups is 2. The summed E-state index contributed by atoms with van der Waals surface area (Å²) in [4.78, 5) is 26.5. The summed E-state index contributed by atoms with van der Waals surface area (Å²) in [5.74, 6) is 0.0995. The van der Waals surface area contributed by atoms with E-state index in [-0.39, 0.29) is 29.2 Å². The summed E-state index contributed by atoms with van der Waals surface area (Å²) in [5.41, 5.74) is 0.783. The molecule has 1 aliphatic heterocycles. The molecule has 3 rings (SSSR count). The Kier molecular flexibility index (Phi) is 7.02. The minimum atomic E-state index is -3.87. The average molecular weight is 474 g/mol. The van der Waals surface area contributed by atoms with Crippen molar-refractivity contribution in [1.82, 2.24) is 0 Å². The molecule has 33 heavy (non-hydrogen) atoms. The Morgan fingerprint density at radius 1 is 1.12 bits per heavy atom. The Morgan fingerprint density at radius 3 is 2.36 bits per heavy atom. The molecule has 0 fully saturated rings. The van der Waals surface area contributed by atoms with Gasteiger partial charge in [0, 0.05) is 24.2 Å². The molecule has 2 N–H and O–H groups in total. The first-order chi connectivity index (χ1) is 15.4. The lowest BCUT2D eigenvalue weighted by Gasteiger charge is -2.27. The van der Waals surface area contributed by atoms with E-state index < -0.39 is 15.4 Å². The van der Waals surface area contributed by atoms with Crippen molar-refractivity contribution in [3.8, 4) is 5.75 Å². The van der Waals surface area contributed by atoms with Crippen molar-refractivity contribution in [3.63, 3.8) is 0 Å². The molecular weight excluding hydrogens is 442 g/mol. The van der Waals surface area contributed by atoms with Crippen LogP contribution in [0.25, 0.3) is 0 Å². The molecule has 8 nitrogen and oxygen atoms in total. The van der Waals surface area contributed by atoms with Crippen LogP contribution in [0.3, 0.4) is 0 Å². The highest BCUT2D eigenvalue weighted by Crippen LogP contribution is 2.38. The van der Waals surface area contributed by atoms with Crippen LogP contribution in [0, 0.1) is 11.3 Å². The molecule has 0 aliphatic carbocycles. The molecule has 2 aromatic carbocycles. The third kappa shape index (κ3) is 5.47. The van der Waals surface area contributed by atoms with Gasteiger partial charge in [0.15, 0.2) is 0 Å². The Morgan fingerprint density at radius 2 is 1.76 bits per heavy atom. The maximum Gasteiger partial charge on any atom is 0.261 e. The van der Waals surface area contributed by atoms with Gasteiger partial charge in [0.2, 0.25) is 11.8 Å². The minimum absolute atomic E-state index is 0.0268. The molecule has 0 saturated heterocycles. The Bertz CT molecular complexity index is 1140. The standard InChI is InChI=1S/C24H31N3O5S/c1-6-13-27-20-12-9-18(14-21(20)32-15-24(4,5)23(27)29)26-33(30,31)19-10-7-17(8-11-19)25-22(28)16(2)3/h7-12,14,16,26H,6,13,15H2,1-5H3,(H,25,28). The van der Waals surface area contributed by atoms with Crippen LogP contribution in [0.2, 0.25) is 0 Å². The number of sulfonamides is 1. The van der Waals surface area contributed by atoms with E-state index in [1.807, 2.05) is 20.8 Å². The van der Waals surface area contributed by atoms with E-state index in [1.165, 1.54) is 12.1 Å². The second-order valence-electron chi connectivity index (χ2n) is 9.09. The summed E-state index contributed by atoms with van der Waals surface area (Å²) in [5, 5.41) is 2.73. The van der Waals surface area contributed by atoms with Crippen molar-refractivity contribution in [2.24, 2.45) is 11.3 Å². The van der Waals surface area contributed by atoms with Crippen molar-refractivity contribution in [2.45, 2.75) is 45.9 Å². The predicted octanol–water partition coefficient (Wildman–Crippen LogP) is 4.24. The number of anilines is 3. The van der Waals surface area contributed by atoms with Gasteiger partial charge >= 0.3 is 0 Å². The topological polar surface area (TPSA) is 105 Å². The maximum atomic E-state index is 13.0. The van der Waals surface area contributed by atoms with Crippen molar-refractivity contribution in [1.29, 1.82) is 0 Å². The van der Waals surface area contributed by atoms with Gasteiger partial charge in [-0.2, -0.15) is 0 Å². The molecule has 9 heteroatoms. The summed E-state index contributed by atoms with van der Waals surface area (Å²) in [6.45, 7) is 9.96. The molecule has 1 heterocycles. The number of benzene rings is 2. The fourth-order valence-corrected chi connectivity index (χ4v) is 4.42. The smallest absolute Gasteiger partial charge is 0.261 e. The maximum absolute atomic E-state index is 13.0. The lowest BCUT2D eigenvalue weighted by atomic mass is 9.93. The Hall–Kier alpha value is -3.07. The number of fused-ring (bicyclic) bond motifs is 1. The van der Waals surface area contributed by atoms with E-state index in [0.29, 0.717) is 29.4 Å². The molecule has 2 aromatic rings. The third-order valence-corrected chi connectivity index (χ3v) is 6.72. The second-order valence-corrected chi connectivity index (χ2v) is 10.8. The van der Waals surface area contributed by atoms with Crippen LogP contribution in [0.15, 0.2) is 47.4 Å². The van der Waals surface area contributed by atoms with Crippen LogP contribution >= 0.6 is 0 Å². The molecule has 0 saturated carbocycles. The van der Waals surface area contributed by atoms with E-state index in [4.69, 9.17) is 4.74 Å². The van der Waals surface area contributed by atoms with E-state index >= 15 is 0 Å². The van der Waals surface area contributed by atoms with Crippen LogP contribution in [-0.4, -0.2) is 33.4 Å². The zero-order valence-electron chi connectivity index (χ0n) is 19.6. The number of nitrogens with one attached hydrogen (secondary N) is 2. The number of nitrogens with zero attached hydrogens (tertiary/aromatic N) is 1. The van der Waals surface area contributed by atoms with Gasteiger partial charge in [0.1, 0.15) is 12.4 Å². The molecule has 2 amide bonds. The lowest BCUT2D eigenvalue weighted by molar-refractivity contribution is -0.127. The Labute approximate surface area is 195 Å². The van der Waals surface area contributed by atoms with E-state index in [9.17, 15) is 18.0 Å². The molecule has 0 aromatic heterocycles.